The molecule has 3 unspecified atom stereocenters. The largest absolute Gasteiger partial charge is 0.327 e. The fraction of sp³-hybridized carbons (Fsp3) is 0.750. The summed E-state index contributed by atoms with van der Waals surface area (Å²) in [6.07, 6.45) is 4.98. The molecule has 1 aromatic rings. The molecule has 1 saturated carbocycles. The number of rotatable bonds is 3. The first-order chi connectivity index (χ1) is 7.16. The monoisotopic (exact) mass is 224 g/mol. The van der Waals surface area contributed by atoms with E-state index >= 15 is 0 Å². The van der Waals surface area contributed by atoms with E-state index in [1.807, 2.05) is 0 Å². The second-order valence-corrected chi connectivity index (χ2v) is 5.86. The van der Waals surface area contributed by atoms with E-state index in [0.717, 1.165) is 17.3 Å². The van der Waals surface area contributed by atoms with Crippen LogP contribution in [0.2, 0.25) is 0 Å². The van der Waals surface area contributed by atoms with Crippen molar-refractivity contribution in [2.75, 3.05) is 0 Å². The first kappa shape index (κ1) is 11.1. The summed E-state index contributed by atoms with van der Waals surface area (Å²) in [6, 6.07) is 0.309. The van der Waals surface area contributed by atoms with Gasteiger partial charge in [0.1, 0.15) is 0 Å². The fourth-order valence-corrected chi connectivity index (χ4v) is 3.33. The molecule has 3 heteroatoms. The SMILES string of the molecule is Cc1nc(CC(N)C2CCCC2C)cs1. The molecule has 1 aromatic heterocycles. The molecular formula is C12H20N2S. The molecule has 0 radical (unpaired) electrons. The third-order valence-electron chi connectivity index (χ3n) is 3.59. The van der Waals surface area contributed by atoms with E-state index in [-0.39, 0.29) is 0 Å². The molecule has 3 atom stereocenters. The quantitative estimate of drug-likeness (QED) is 0.857. The van der Waals surface area contributed by atoms with Gasteiger partial charge in [0.15, 0.2) is 0 Å². The Kier molecular flexibility index (Phi) is 3.42. The first-order valence-electron chi connectivity index (χ1n) is 5.83. The van der Waals surface area contributed by atoms with E-state index < -0.39 is 0 Å². The van der Waals surface area contributed by atoms with Crippen LogP contribution in [-0.4, -0.2) is 11.0 Å². The Morgan fingerprint density at radius 2 is 2.40 bits per heavy atom. The van der Waals surface area contributed by atoms with Gasteiger partial charge < -0.3 is 5.73 Å². The molecule has 0 saturated heterocycles. The summed E-state index contributed by atoms with van der Waals surface area (Å²) >= 11 is 1.72. The Morgan fingerprint density at radius 1 is 1.60 bits per heavy atom. The van der Waals surface area contributed by atoms with Crippen LogP contribution in [0.15, 0.2) is 5.38 Å². The van der Waals surface area contributed by atoms with Gasteiger partial charge in [0, 0.05) is 17.8 Å². The number of aryl methyl sites for hydroxylation is 1. The number of nitrogens with zero attached hydrogens (tertiary/aromatic N) is 1. The molecule has 0 spiro atoms. The number of nitrogens with two attached hydrogens (primary N) is 1. The summed E-state index contributed by atoms with van der Waals surface area (Å²) in [7, 11) is 0. The van der Waals surface area contributed by atoms with E-state index in [1.54, 1.807) is 11.3 Å². The van der Waals surface area contributed by atoms with E-state index in [9.17, 15) is 0 Å². The maximum atomic E-state index is 6.28. The molecule has 15 heavy (non-hydrogen) atoms. The summed E-state index contributed by atoms with van der Waals surface area (Å²) in [5, 5.41) is 3.30. The first-order valence-corrected chi connectivity index (χ1v) is 6.71. The maximum Gasteiger partial charge on any atom is 0.0897 e. The predicted octanol–water partition coefficient (Wildman–Crippen LogP) is 2.76. The van der Waals surface area contributed by atoms with Crippen molar-refractivity contribution in [1.29, 1.82) is 0 Å². The van der Waals surface area contributed by atoms with Gasteiger partial charge in [0.2, 0.25) is 0 Å². The topological polar surface area (TPSA) is 38.9 Å². The van der Waals surface area contributed by atoms with E-state index in [1.165, 1.54) is 25.0 Å². The molecule has 1 aliphatic rings. The van der Waals surface area contributed by atoms with Crippen molar-refractivity contribution >= 4 is 11.3 Å². The Hall–Kier alpha value is -0.410. The molecular weight excluding hydrogens is 204 g/mol. The van der Waals surface area contributed by atoms with Crippen LogP contribution in [-0.2, 0) is 6.42 Å². The van der Waals surface area contributed by atoms with Crippen molar-refractivity contribution in [3.63, 3.8) is 0 Å². The zero-order valence-electron chi connectivity index (χ0n) is 9.57. The smallest absolute Gasteiger partial charge is 0.0897 e. The molecule has 1 heterocycles. The second kappa shape index (κ2) is 4.62. The van der Waals surface area contributed by atoms with Crippen LogP contribution in [0.1, 0.15) is 36.9 Å². The number of hydrogen-bond donors (Lipinski definition) is 1. The van der Waals surface area contributed by atoms with Crippen molar-refractivity contribution in [3.05, 3.63) is 16.1 Å². The number of hydrogen-bond acceptors (Lipinski definition) is 3. The standard InChI is InChI=1S/C12H20N2S/c1-8-4-3-5-11(8)12(13)6-10-7-15-9(2)14-10/h7-8,11-12H,3-6,13H2,1-2H3. The molecule has 1 aliphatic carbocycles. The Bertz CT molecular complexity index is 321. The lowest BCUT2D eigenvalue weighted by Gasteiger charge is -2.22. The molecule has 1 fully saturated rings. The van der Waals surface area contributed by atoms with Crippen LogP contribution < -0.4 is 5.73 Å². The lowest BCUT2D eigenvalue weighted by Crippen LogP contribution is -2.33. The van der Waals surface area contributed by atoms with Gasteiger partial charge in [-0.3, -0.25) is 0 Å². The summed E-state index contributed by atoms with van der Waals surface area (Å²) < 4.78 is 0. The summed E-state index contributed by atoms with van der Waals surface area (Å²) in [6.45, 7) is 4.39. The zero-order chi connectivity index (χ0) is 10.8. The Labute approximate surface area is 95.9 Å². The minimum Gasteiger partial charge on any atom is -0.327 e. The van der Waals surface area contributed by atoms with Crippen molar-refractivity contribution in [3.8, 4) is 0 Å². The van der Waals surface area contributed by atoms with Gasteiger partial charge in [-0.25, -0.2) is 4.98 Å². The highest BCUT2D eigenvalue weighted by atomic mass is 32.1. The molecule has 0 aliphatic heterocycles. The average molecular weight is 224 g/mol. The van der Waals surface area contributed by atoms with Crippen LogP contribution in [0, 0.1) is 18.8 Å². The minimum absolute atomic E-state index is 0.309. The average Bonchev–Trinajstić information content (AvgIpc) is 2.75. The molecule has 0 bridgehead atoms. The van der Waals surface area contributed by atoms with Gasteiger partial charge >= 0.3 is 0 Å². The molecule has 0 amide bonds. The molecule has 0 aromatic carbocycles. The maximum absolute atomic E-state index is 6.28. The Morgan fingerprint density at radius 3 is 2.93 bits per heavy atom. The van der Waals surface area contributed by atoms with Gasteiger partial charge in [-0.15, -0.1) is 11.3 Å². The molecule has 2 N–H and O–H groups in total. The third-order valence-corrected chi connectivity index (χ3v) is 4.41. The normalized spacial score (nSPS) is 28.2. The van der Waals surface area contributed by atoms with Gasteiger partial charge in [-0.05, 0) is 25.2 Å². The third kappa shape index (κ3) is 2.58. The summed E-state index contributed by atoms with van der Waals surface area (Å²) in [5.41, 5.74) is 7.46. The van der Waals surface area contributed by atoms with Crippen LogP contribution in [0.25, 0.3) is 0 Å². The van der Waals surface area contributed by atoms with Crippen molar-refractivity contribution in [1.82, 2.24) is 4.98 Å². The summed E-state index contributed by atoms with van der Waals surface area (Å²) in [5.74, 6) is 1.52. The Balaban J connectivity index is 1.94. The van der Waals surface area contributed by atoms with Crippen molar-refractivity contribution in [2.24, 2.45) is 17.6 Å². The second-order valence-electron chi connectivity index (χ2n) is 4.80. The van der Waals surface area contributed by atoms with Gasteiger partial charge in [-0.2, -0.15) is 0 Å². The van der Waals surface area contributed by atoms with Crippen molar-refractivity contribution < 1.29 is 0 Å². The highest BCUT2D eigenvalue weighted by Crippen LogP contribution is 2.33. The highest BCUT2D eigenvalue weighted by Gasteiger charge is 2.28. The minimum atomic E-state index is 0.309. The van der Waals surface area contributed by atoms with E-state index in [0.29, 0.717) is 12.0 Å². The van der Waals surface area contributed by atoms with E-state index in [2.05, 4.69) is 24.2 Å². The molecule has 84 valence electrons. The van der Waals surface area contributed by atoms with Gasteiger partial charge in [-0.1, -0.05) is 19.8 Å². The zero-order valence-corrected chi connectivity index (χ0v) is 10.4. The summed E-state index contributed by atoms with van der Waals surface area (Å²) in [4.78, 5) is 4.49. The molecule has 2 nitrogen and oxygen atoms in total. The lowest BCUT2D eigenvalue weighted by molar-refractivity contribution is 0.342. The highest BCUT2D eigenvalue weighted by molar-refractivity contribution is 7.09. The van der Waals surface area contributed by atoms with Crippen LogP contribution in [0.3, 0.4) is 0 Å². The number of aromatic nitrogens is 1. The van der Waals surface area contributed by atoms with Crippen LogP contribution in [0.4, 0.5) is 0 Å². The van der Waals surface area contributed by atoms with Gasteiger partial charge in [0.25, 0.3) is 0 Å². The van der Waals surface area contributed by atoms with E-state index in [4.69, 9.17) is 5.73 Å². The van der Waals surface area contributed by atoms with Gasteiger partial charge in [0.05, 0.1) is 10.7 Å². The van der Waals surface area contributed by atoms with Crippen LogP contribution in [0.5, 0.6) is 0 Å². The predicted molar refractivity (Wildman–Crippen MR) is 65.0 cm³/mol. The number of thiazole rings is 1. The molecule has 2 rings (SSSR count). The fourth-order valence-electron chi connectivity index (χ4n) is 2.71. The van der Waals surface area contributed by atoms with Crippen LogP contribution >= 0.6 is 11.3 Å². The lowest BCUT2D eigenvalue weighted by atomic mass is 9.88. The van der Waals surface area contributed by atoms with Crippen molar-refractivity contribution in [2.45, 2.75) is 45.6 Å².